The van der Waals surface area contributed by atoms with Crippen molar-refractivity contribution >= 4 is 23.6 Å². The molecule has 0 bridgehead atoms. The number of aliphatic hydroxyl groups is 5. The van der Waals surface area contributed by atoms with Gasteiger partial charge in [0.25, 0.3) is 5.91 Å². The molecular formula is C38H47NO14. The van der Waals surface area contributed by atoms with Crippen molar-refractivity contribution in [3.63, 3.8) is 0 Å². The molecule has 1 unspecified atom stereocenters. The molecule has 8 fully saturated rings. The predicted octanol–water partition coefficient (Wildman–Crippen LogP) is -0.584. The number of epoxide rings is 2. The van der Waals surface area contributed by atoms with E-state index in [0.29, 0.717) is 0 Å². The first kappa shape index (κ1) is 35.5. The van der Waals surface area contributed by atoms with Crippen molar-refractivity contribution in [2.24, 2.45) is 57.7 Å². The number of hydrogen-bond acceptors (Lipinski definition) is 14. The fraction of sp³-hybridized carbons (Fsp3) is 0.737. The van der Waals surface area contributed by atoms with E-state index in [4.69, 9.17) is 18.9 Å². The maximum Gasteiger partial charge on any atom is 0.341 e. The molecule has 5 saturated carbocycles. The topological polar surface area (TPSA) is 245 Å². The van der Waals surface area contributed by atoms with Gasteiger partial charge in [0.1, 0.15) is 35.9 Å². The van der Waals surface area contributed by atoms with Crippen LogP contribution in [-0.2, 0) is 33.3 Å². The van der Waals surface area contributed by atoms with Gasteiger partial charge in [-0.2, -0.15) is 0 Å². The number of amides is 1. The lowest BCUT2D eigenvalue weighted by atomic mass is 9.39. The van der Waals surface area contributed by atoms with Gasteiger partial charge >= 0.3 is 11.9 Å². The lowest BCUT2D eigenvalue weighted by Crippen LogP contribution is -2.77. The number of ether oxygens (including phenoxy) is 4. The van der Waals surface area contributed by atoms with E-state index >= 15 is 0 Å². The van der Waals surface area contributed by atoms with Crippen LogP contribution in [0.2, 0.25) is 0 Å². The third kappa shape index (κ3) is 3.85. The fourth-order valence-corrected chi connectivity index (χ4v) is 13.7. The number of nitrogens with one attached hydrogen (secondary N) is 1. The van der Waals surface area contributed by atoms with Crippen LogP contribution in [0.1, 0.15) is 58.3 Å². The van der Waals surface area contributed by atoms with Crippen LogP contribution in [0, 0.1) is 57.7 Å². The molecule has 3 heterocycles. The number of carbonyl (C=O) groups is 4. The van der Waals surface area contributed by atoms with Crippen LogP contribution in [0.4, 0.5) is 0 Å². The Morgan fingerprint density at radius 1 is 0.925 bits per heavy atom. The summed E-state index contributed by atoms with van der Waals surface area (Å²) in [5.41, 5.74) is -6.97. The molecule has 15 heteroatoms. The number of fused-ring (bicyclic) bond motifs is 9. The first-order valence-electron chi connectivity index (χ1n) is 18.5. The standard InChI is InChI=1S/C38H47NO14/c1-12-20-23(35(5)36(6,49)33(48)53-38(35)31(12)52-38)26(44)21-19-22(28(50-14(3)41)30(46)37(20,21)13(2)40)34(4)17(11-18-27(51-18)29(34)45)24(25(19)43)39-32(47)15-7-9-16(42)10-8-15/h7-10,12,17-31,42-46,49H,11H2,1-6H3,(H,39,47)/t12-,17?,18-,19-,20-,21+,22+,23-,24-,25+,26+,27-,28-,29-,30-,31+,34-,35-,36+,37+,38-/m0/s1. The summed E-state index contributed by atoms with van der Waals surface area (Å²) in [5, 5.41) is 75.5. The molecule has 15 nitrogen and oxygen atoms in total. The molecule has 3 saturated heterocycles. The van der Waals surface area contributed by atoms with E-state index < -0.39 is 141 Å². The SMILES string of the molecule is CC(=O)O[C@H]1[C@H]2[C@@H]([C@@H](O)[C@@H](NC(=O)c3ccc(O)cc3)C3C[C@@H]4O[C@@H]4[C@H](O)[C@@]32C)[C@@H]2[C@@H](O)[C@@H]3[C@H]([C@H](C)[C@H]4O[C@]45OC(=O)[C@@](C)(O)[C@]35C)[C@@]2(C(C)=O)[C@H]1O. The number of benzene rings is 1. The minimum atomic E-state index is -2.21. The number of esters is 2. The number of phenols is 1. The van der Waals surface area contributed by atoms with Crippen molar-refractivity contribution in [3.8, 4) is 5.75 Å². The van der Waals surface area contributed by atoms with Gasteiger partial charge in [-0.05, 0) is 69.2 Å². The molecule has 288 valence electrons. The summed E-state index contributed by atoms with van der Waals surface area (Å²) in [6.45, 7) is 8.81. The highest BCUT2D eigenvalue weighted by Gasteiger charge is 2.93. The molecule has 1 aromatic carbocycles. The van der Waals surface area contributed by atoms with Crippen LogP contribution in [0.15, 0.2) is 24.3 Å². The number of hydrogen-bond donors (Lipinski definition) is 7. The maximum atomic E-state index is 14.6. The minimum Gasteiger partial charge on any atom is -0.508 e. The normalized spacial score (nSPS) is 56.5. The van der Waals surface area contributed by atoms with Crippen molar-refractivity contribution in [2.75, 3.05) is 0 Å². The molecule has 7 N–H and O–H groups in total. The van der Waals surface area contributed by atoms with E-state index in [2.05, 4.69) is 5.32 Å². The number of carbonyl (C=O) groups excluding carboxylic acids is 4. The maximum absolute atomic E-state index is 14.6. The average Bonchev–Trinajstić information content (AvgIpc) is 3.99. The Hall–Kier alpha value is -3.18. The monoisotopic (exact) mass is 741 g/mol. The zero-order valence-corrected chi connectivity index (χ0v) is 30.2. The van der Waals surface area contributed by atoms with E-state index in [1.54, 1.807) is 20.8 Å². The summed E-state index contributed by atoms with van der Waals surface area (Å²) in [6.07, 6.45) is -9.17. The van der Waals surface area contributed by atoms with E-state index in [0.717, 1.165) is 6.92 Å². The van der Waals surface area contributed by atoms with E-state index in [-0.39, 0.29) is 23.8 Å². The van der Waals surface area contributed by atoms with Crippen LogP contribution < -0.4 is 5.32 Å². The van der Waals surface area contributed by atoms with Crippen molar-refractivity contribution < 1.29 is 68.8 Å². The van der Waals surface area contributed by atoms with Crippen molar-refractivity contribution in [3.05, 3.63) is 29.8 Å². The second kappa shape index (κ2) is 10.6. The molecule has 9 rings (SSSR count). The summed E-state index contributed by atoms with van der Waals surface area (Å²) in [4.78, 5) is 54.8. The lowest BCUT2D eigenvalue weighted by Gasteiger charge is -2.67. The Morgan fingerprint density at radius 3 is 2.21 bits per heavy atom. The molecule has 53 heavy (non-hydrogen) atoms. The summed E-state index contributed by atoms with van der Waals surface area (Å²) >= 11 is 0. The van der Waals surface area contributed by atoms with Gasteiger partial charge in [-0.1, -0.05) is 13.8 Å². The molecule has 3 aliphatic heterocycles. The quantitative estimate of drug-likeness (QED) is 0.151. The van der Waals surface area contributed by atoms with Gasteiger partial charge < -0.3 is 54.9 Å². The number of aromatic hydroxyl groups is 1. The van der Waals surface area contributed by atoms with Gasteiger partial charge in [-0.3, -0.25) is 14.4 Å². The summed E-state index contributed by atoms with van der Waals surface area (Å²) in [5.74, 6) is -11.7. The Kier molecular flexibility index (Phi) is 7.08. The Morgan fingerprint density at radius 2 is 1.58 bits per heavy atom. The minimum absolute atomic E-state index is 0.0578. The van der Waals surface area contributed by atoms with Crippen molar-refractivity contribution in [1.82, 2.24) is 5.32 Å². The highest BCUT2D eigenvalue weighted by atomic mass is 16.8. The second-order valence-corrected chi connectivity index (χ2v) is 17.7. The summed E-state index contributed by atoms with van der Waals surface area (Å²) < 4.78 is 23.8. The van der Waals surface area contributed by atoms with Gasteiger partial charge in [0.2, 0.25) is 5.79 Å². The third-order valence-corrected chi connectivity index (χ3v) is 16.0. The van der Waals surface area contributed by atoms with Crippen LogP contribution in [0.3, 0.4) is 0 Å². The van der Waals surface area contributed by atoms with Crippen LogP contribution >= 0.6 is 0 Å². The number of Topliss-reactive ketones (excluding diaryl/α,β-unsaturated/α-hetero) is 1. The van der Waals surface area contributed by atoms with Crippen LogP contribution in [0.5, 0.6) is 5.75 Å². The van der Waals surface area contributed by atoms with Crippen LogP contribution in [-0.4, -0.2) is 121 Å². The molecule has 1 aromatic rings. The molecule has 0 aromatic heterocycles. The van der Waals surface area contributed by atoms with Gasteiger partial charge in [0.05, 0.1) is 41.3 Å². The first-order chi connectivity index (χ1) is 24.7. The molecular weight excluding hydrogens is 694 g/mol. The zero-order valence-electron chi connectivity index (χ0n) is 30.2. The van der Waals surface area contributed by atoms with Crippen molar-refractivity contribution in [2.45, 2.75) is 114 Å². The summed E-state index contributed by atoms with van der Waals surface area (Å²) in [6, 6.07) is 4.42. The predicted molar refractivity (Wildman–Crippen MR) is 176 cm³/mol. The largest absolute Gasteiger partial charge is 0.508 e. The van der Waals surface area contributed by atoms with E-state index in [9.17, 15) is 49.8 Å². The molecule has 1 spiro atoms. The number of aliphatic hydroxyl groups excluding tert-OH is 4. The molecule has 8 aliphatic rings. The van der Waals surface area contributed by atoms with Gasteiger partial charge in [-0.25, -0.2) is 4.79 Å². The van der Waals surface area contributed by atoms with Crippen LogP contribution in [0.25, 0.3) is 0 Å². The highest BCUT2D eigenvalue weighted by Crippen LogP contribution is 2.80. The lowest BCUT2D eigenvalue weighted by molar-refractivity contribution is -0.279. The number of phenolic OH excluding ortho intramolecular Hbond substituents is 1. The van der Waals surface area contributed by atoms with Crippen molar-refractivity contribution in [1.29, 1.82) is 0 Å². The Labute approximate surface area is 304 Å². The van der Waals surface area contributed by atoms with E-state index in [1.807, 2.05) is 0 Å². The van der Waals surface area contributed by atoms with Gasteiger partial charge in [0.15, 0.2) is 5.60 Å². The third-order valence-electron chi connectivity index (χ3n) is 16.0. The average molecular weight is 742 g/mol. The molecule has 1 amide bonds. The highest BCUT2D eigenvalue weighted by molar-refractivity contribution is 5.94. The smallest absolute Gasteiger partial charge is 0.341 e. The molecule has 5 aliphatic carbocycles. The first-order valence-corrected chi connectivity index (χ1v) is 18.5. The molecule has 21 atom stereocenters. The Bertz CT molecular complexity index is 1820. The Balaban J connectivity index is 1.26. The fourth-order valence-electron chi connectivity index (χ4n) is 13.7. The van der Waals surface area contributed by atoms with Gasteiger partial charge in [-0.15, -0.1) is 0 Å². The second-order valence-electron chi connectivity index (χ2n) is 17.7. The summed E-state index contributed by atoms with van der Waals surface area (Å²) in [7, 11) is 0. The number of ketones is 1. The number of rotatable bonds is 4. The van der Waals surface area contributed by atoms with Gasteiger partial charge in [0, 0.05) is 41.6 Å². The van der Waals surface area contributed by atoms with E-state index in [1.165, 1.54) is 38.1 Å². The zero-order chi connectivity index (χ0) is 38.3. The molecule has 0 radical (unpaired) electrons.